The highest BCUT2D eigenvalue weighted by Gasteiger charge is 2.46. The Morgan fingerprint density at radius 2 is 1.63 bits per heavy atom. The van der Waals surface area contributed by atoms with Gasteiger partial charge in [-0.2, -0.15) is 0 Å². The molecular formula is C29H27NO5. The van der Waals surface area contributed by atoms with Crippen LogP contribution in [0.2, 0.25) is 0 Å². The second-order valence-corrected chi connectivity index (χ2v) is 9.09. The van der Waals surface area contributed by atoms with Gasteiger partial charge < -0.3 is 19.5 Å². The highest BCUT2D eigenvalue weighted by atomic mass is 16.6. The van der Waals surface area contributed by atoms with Crippen molar-refractivity contribution in [3.63, 3.8) is 0 Å². The summed E-state index contributed by atoms with van der Waals surface area (Å²) in [4.78, 5) is 28.1. The summed E-state index contributed by atoms with van der Waals surface area (Å²) in [5.41, 5.74) is 3.29. The van der Waals surface area contributed by atoms with Gasteiger partial charge in [0.25, 0.3) is 11.7 Å². The summed E-state index contributed by atoms with van der Waals surface area (Å²) in [6.45, 7) is 5.33. The molecule has 1 fully saturated rings. The zero-order valence-electron chi connectivity index (χ0n) is 19.7. The van der Waals surface area contributed by atoms with Gasteiger partial charge in [-0.15, -0.1) is 0 Å². The molecule has 0 radical (unpaired) electrons. The lowest BCUT2D eigenvalue weighted by molar-refractivity contribution is -0.140. The Labute approximate surface area is 204 Å². The lowest BCUT2D eigenvalue weighted by Gasteiger charge is -2.26. The molecule has 3 aromatic carbocycles. The zero-order valence-corrected chi connectivity index (χ0v) is 19.7. The maximum atomic E-state index is 13.3. The fourth-order valence-electron chi connectivity index (χ4n) is 4.58. The van der Waals surface area contributed by atoms with Gasteiger partial charge in [-0.25, -0.2) is 0 Å². The third kappa shape index (κ3) is 4.28. The number of Topliss-reactive ketones (excluding diaryl/α,β-unsaturated/α-hetero) is 1. The molecule has 3 aromatic rings. The lowest BCUT2D eigenvalue weighted by atomic mass is 9.93. The minimum absolute atomic E-state index is 0.0694. The Bertz CT molecular complexity index is 1290. The number of nitrogens with zero attached hydrogens (tertiary/aromatic N) is 1. The Morgan fingerprint density at radius 1 is 0.943 bits per heavy atom. The molecular weight excluding hydrogens is 442 g/mol. The van der Waals surface area contributed by atoms with Gasteiger partial charge in [-0.1, -0.05) is 68.4 Å². The van der Waals surface area contributed by atoms with Crippen LogP contribution in [0.15, 0.2) is 78.4 Å². The largest absolute Gasteiger partial charge is 0.507 e. The number of aliphatic hydroxyl groups is 1. The van der Waals surface area contributed by atoms with Crippen molar-refractivity contribution in [3.8, 4) is 11.5 Å². The third-order valence-corrected chi connectivity index (χ3v) is 6.47. The third-order valence-electron chi connectivity index (χ3n) is 6.47. The lowest BCUT2D eigenvalue weighted by Crippen LogP contribution is -2.29. The summed E-state index contributed by atoms with van der Waals surface area (Å²) in [7, 11) is 0. The Morgan fingerprint density at radius 3 is 2.31 bits per heavy atom. The first-order valence-electron chi connectivity index (χ1n) is 11.8. The molecule has 0 bridgehead atoms. The van der Waals surface area contributed by atoms with E-state index < -0.39 is 17.7 Å². The number of amides is 1. The summed E-state index contributed by atoms with van der Waals surface area (Å²) >= 11 is 0. The van der Waals surface area contributed by atoms with E-state index in [0.717, 1.165) is 16.7 Å². The van der Waals surface area contributed by atoms with E-state index >= 15 is 0 Å². The molecule has 1 saturated heterocycles. The van der Waals surface area contributed by atoms with Crippen molar-refractivity contribution in [1.82, 2.24) is 4.90 Å². The van der Waals surface area contributed by atoms with Crippen LogP contribution in [0.25, 0.3) is 5.76 Å². The first-order valence-corrected chi connectivity index (χ1v) is 11.8. The maximum Gasteiger partial charge on any atom is 0.295 e. The average molecular weight is 470 g/mol. The van der Waals surface area contributed by atoms with Crippen LogP contribution in [0.4, 0.5) is 0 Å². The molecule has 178 valence electrons. The van der Waals surface area contributed by atoms with E-state index in [4.69, 9.17) is 9.47 Å². The Hall–Kier alpha value is -4.06. The number of benzene rings is 3. The molecule has 6 heteroatoms. The standard InChI is InChI=1S/C29H27NO5/c1-18(2)20-8-10-21(11-9-20)26-25(27(31)22-12-13-23-24(16-22)35-15-14-34-23)28(32)29(33)30(26)17-19-6-4-3-5-7-19/h3-13,16,18,26,31H,14-15,17H2,1-2H3/b27-25+/t26-/m0/s1. The van der Waals surface area contributed by atoms with E-state index in [0.29, 0.717) is 36.2 Å². The molecule has 0 aliphatic carbocycles. The number of carbonyl (C=O) groups is 2. The van der Waals surface area contributed by atoms with Crippen LogP contribution in [0.3, 0.4) is 0 Å². The normalized spacial score (nSPS) is 18.8. The second kappa shape index (κ2) is 9.29. The fourth-order valence-corrected chi connectivity index (χ4v) is 4.58. The average Bonchev–Trinajstić information content (AvgIpc) is 3.13. The SMILES string of the molecule is CC(C)c1ccc([C@H]2/C(=C(\O)c3ccc4c(c3)OCCO4)C(=O)C(=O)N2Cc2ccccc2)cc1. The van der Waals surface area contributed by atoms with Gasteiger partial charge in [0.05, 0.1) is 11.6 Å². The van der Waals surface area contributed by atoms with Crippen molar-refractivity contribution in [1.29, 1.82) is 0 Å². The van der Waals surface area contributed by atoms with Crippen LogP contribution >= 0.6 is 0 Å². The molecule has 0 spiro atoms. The summed E-state index contributed by atoms with van der Waals surface area (Å²) in [6.07, 6.45) is 0. The summed E-state index contributed by atoms with van der Waals surface area (Å²) in [6, 6.07) is 21.7. The molecule has 1 atom stereocenters. The molecule has 2 aliphatic heterocycles. The van der Waals surface area contributed by atoms with Gasteiger partial charge in [-0.05, 0) is 40.8 Å². The Balaban J connectivity index is 1.62. The quantitative estimate of drug-likeness (QED) is 0.316. The minimum atomic E-state index is -0.718. The number of carbonyl (C=O) groups excluding carboxylic acids is 2. The molecule has 2 heterocycles. The first kappa shape index (κ1) is 22.7. The minimum Gasteiger partial charge on any atom is -0.507 e. The number of hydrogen-bond donors (Lipinski definition) is 1. The summed E-state index contributed by atoms with van der Waals surface area (Å²) in [5, 5.41) is 11.4. The van der Waals surface area contributed by atoms with Crippen molar-refractivity contribution in [2.75, 3.05) is 13.2 Å². The molecule has 2 aliphatic rings. The fraction of sp³-hybridized carbons (Fsp3) is 0.241. The number of fused-ring (bicyclic) bond motifs is 1. The van der Waals surface area contributed by atoms with Crippen molar-refractivity contribution in [3.05, 3.63) is 101 Å². The van der Waals surface area contributed by atoms with Gasteiger partial charge in [0.2, 0.25) is 0 Å². The molecule has 1 N–H and O–H groups in total. The van der Waals surface area contributed by atoms with E-state index in [1.165, 1.54) is 4.90 Å². The highest BCUT2D eigenvalue weighted by molar-refractivity contribution is 6.46. The van der Waals surface area contributed by atoms with E-state index in [1.807, 2.05) is 54.6 Å². The van der Waals surface area contributed by atoms with E-state index in [9.17, 15) is 14.7 Å². The number of ether oxygens (including phenoxy) is 2. The Kier molecular flexibility index (Phi) is 6.03. The second-order valence-electron chi connectivity index (χ2n) is 9.09. The number of likely N-dealkylation sites (tertiary alicyclic amines) is 1. The predicted molar refractivity (Wildman–Crippen MR) is 132 cm³/mol. The van der Waals surface area contributed by atoms with Crippen molar-refractivity contribution in [2.45, 2.75) is 32.4 Å². The van der Waals surface area contributed by atoms with Gasteiger partial charge >= 0.3 is 0 Å². The molecule has 35 heavy (non-hydrogen) atoms. The van der Waals surface area contributed by atoms with Gasteiger partial charge in [0, 0.05) is 12.1 Å². The number of ketones is 1. The molecule has 0 unspecified atom stereocenters. The summed E-state index contributed by atoms with van der Waals surface area (Å²) < 4.78 is 11.2. The maximum absolute atomic E-state index is 13.3. The highest BCUT2D eigenvalue weighted by Crippen LogP contribution is 2.42. The van der Waals surface area contributed by atoms with Crippen LogP contribution in [-0.2, 0) is 16.1 Å². The monoisotopic (exact) mass is 469 g/mol. The predicted octanol–water partition coefficient (Wildman–Crippen LogP) is 5.20. The van der Waals surface area contributed by atoms with E-state index in [1.54, 1.807) is 18.2 Å². The molecule has 6 nitrogen and oxygen atoms in total. The number of aliphatic hydroxyl groups excluding tert-OH is 1. The van der Waals surface area contributed by atoms with E-state index in [-0.39, 0.29) is 17.9 Å². The van der Waals surface area contributed by atoms with Crippen LogP contribution in [0.5, 0.6) is 11.5 Å². The molecule has 0 saturated carbocycles. The van der Waals surface area contributed by atoms with Crippen molar-refractivity contribution >= 4 is 17.4 Å². The van der Waals surface area contributed by atoms with Crippen molar-refractivity contribution in [2.24, 2.45) is 0 Å². The number of hydrogen-bond acceptors (Lipinski definition) is 5. The molecule has 1 amide bonds. The van der Waals surface area contributed by atoms with E-state index in [2.05, 4.69) is 13.8 Å². The van der Waals surface area contributed by atoms with Gasteiger partial charge in [-0.3, -0.25) is 9.59 Å². The zero-order chi connectivity index (χ0) is 24.5. The van der Waals surface area contributed by atoms with Crippen LogP contribution in [0.1, 0.15) is 48.1 Å². The summed E-state index contributed by atoms with van der Waals surface area (Å²) in [5.74, 6) is -0.141. The van der Waals surface area contributed by atoms with Gasteiger partial charge in [0.15, 0.2) is 11.5 Å². The van der Waals surface area contributed by atoms with Crippen LogP contribution in [-0.4, -0.2) is 34.9 Å². The topological polar surface area (TPSA) is 76.1 Å². The number of rotatable bonds is 5. The first-order chi connectivity index (χ1) is 16.9. The smallest absolute Gasteiger partial charge is 0.295 e. The van der Waals surface area contributed by atoms with Gasteiger partial charge in [0.1, 0.15) is 19.0 Å². The van der Waals surface area contributed by atoms with Crippen molar-refractivity contribution < 1.29 is 24.2 Å². The molecule has 0 aromatic heterocycles. The molecule has 5 rings (SSSR count). The van der Waals surface area contributed by atoms with Crippen LogP contribution < -0.4 is 9.47 Å². The van der Waals surface area contributed by atoms with Crippen LogP contribution in [0, 0.1) is 0 Å².